The molecule has 1 amide bonds. The molecule has 0 aliphatic carbocycles. The second kappa shape index (κ2) is 33.3. The molecule has 7 unspecified atom stereocenters. The maximum atomic E-state index is 13.0. The summed E-state index contributed by atoms with van der Waals surface area (Å²) in [5.74, 6) is -0.277. The van der Waals surface area contributed by atoms with Gasteiger partial charge in [0, 0.05) is 6.42 Å². The molecule has 0 aromatic rings. The molecule has 0 aromatic carbocycles. The summed E-state index contributed by atoms with van der Waals surface area (Å²) < 4.78 is 47.4. The number of aliphatic hydroxyl groups is 4. The molecule has 12 nitrogen and oxygen atoms in total. The predicted octanol–water partition coefficient (Wildman–Crippen LogP) is 7.55. The van der Waals surface area contributed by atoms with E-state index in [4.69, 9.17) is 14.0 Å². The molecule has 1 saturated heterocycles. The minimum absolute atomic E-state index is 0.255. The van der Waals surface area contributed by atoms with Crippen molar-refractivity contribution in [3.8, 4) is 0 Å². The van der Waals surface area contributed by atoms with Crippen LogP contribution in [0, 0.1) is 0 Å². The molecule has 7 atom stereocenters. The van der Waals surface area contributed by atoms with E-state index in [9.17, 15) is 33.6 Å². The van der Waals surface area contributed by atoms with Gasteiger partial charge >= 0.3 is 10.4 Å². The Morgan fingerprint density at radius 1 is 0.727 bits per heavy atom. The molecule has 13 heteroatoms. The third-order valence-corrected chi connectivity index (χ3v) is 10.4. The average Bonchev–Trinajstić information content (AvgIpc) is 3.15. The van der Waals surface area contributed by atoms with Gasteiger partial charge in [0.15, 0.2) is 6.29 Å². The summed E-state index contributed by atoms with van der Waals surface area (Å²) in [6, 6.07) is -0.948. The summed E-state index contributed by atoms with van der Waals surface area (Å²) in [4.78, 5) is 13.0. The number of hydrogen-bond donors (Lipinski definition) is 6. The molecule has 0 bridgehead atoms. The van der Waals surface area contributed by atoms with Crippen LogP contribution in [-0.2, 0) is 28.9 Å². The van der Waals surface area contributed by atoms with E-state index in [2.05, 4.69) is 47.7 Å². The van der Waals surface area contributed by atoms with Gasteiger partial charge in [-0.05, 0) is 44.9 Å². The van der Waals surface area contributed by atoms with Crippen molar-refractivity contribution in [1.82, 2.24) is 5.32 Å². The summed E-state index contributed by atoms with van der Waals surface area (Å²) >= 11 is 0. The molecule has 6 N–H and O–H groups in total. The van der Waals surface area contributed by atoms with E-state index in [0.29, 0.717) is 6.42 Å². The Labute approximate surface area is 333 Å². The van der Waals surface area contributed by atoms with Gasteiger partial charge in [-0.25, -0.2) is 4.18 Å². The van der Waals surface area contributed by atoms with Crippen molar-refractivity contribution < 1.29 is 51.8 Å². The van der Waals surface area contributed by atoms with Crippen LogP contribution in [0.25, 0.3) is 0 Å². The highest BCUT2D eigenvalue weighted by molar-refractivity contribution is 7.80. The first-order valence-corrected chi connectivity index (χ1v) is 22.8. The van der Waals surface area contributed by atoms with Gasteiger partial charge in [0.05, 0.1) is 25.4 Å². The van der Waals surface area contributed by atoms with Crippen LogP contribution >= 0.6 is 0 Å². The molecular formula is C42H77NO11S. The summed E-state index contributed by atoms with van der Waals surface area (Å²) in [6.45, 7) is 3.32. The van der Waals surface area contributed by atoms with Crippen molar-refractivity contribution >= 4 is 16.3 Å². The Bertz CT molecular complexity index is 1130. The Morgan fingerprint density at radius 3 is 1.73 bits per heavy atom. The van der Waals surface area contributed by atoms with E-state index >= 15 is 0 Å². The van der Waals surface area contributed by atoms with Crippen LogP contribution in [0.5, 0.6) is 0 Å². The van der Waals surface area contributed by atoms with Crippen molar-refractivity contribution in [1.29, 1.82) is 0 Å². The fourth-order valence-electron chi connectivity index (χ4n) is 6.56. The number of carbonyl (C=O) groups excluding carboxylic acids is 1. The summed E-state index contributed by atoms with van der Waals surface area (Å²) in [7, 11) is -5.08. The van der Waals surface area contributed by atoms with E-state index < -0.39 is 59.9 Å². The van der Waals surface area contributed by atoms with Gasteiger partial charge in [-0.1, -0.05) is 153 Å². The molecule has 0 spiro atoms. The minimum Gasteiger partial charge on any atom is -0.394 e. The lowest BCUT2D eigenvalue weighted by Crippen LogP contribution is -2.61. The van der Waals surface area contributed by atoms with Gasteiger partial charge < -0.3 is 35.2 Å². The van der Waals surface area contributed by atoms with Gasteiger partial charge in [-0.2, -0.15) is 8.42 Å². The zero-order chi connectivity index (χ0) is 40.6. The number of hydrogen-bond acceptors (Lipinski definition) is 10. The lowest BCUT2D eigenvalue weighted by molar-refractivity contribution is -0.298. The number of nitrogens with one attached hydrogen (secondary N) is 1. The molecule has 1 aliphatic heterocycles. The highest BCUT2D eigenvalue weighted by Crippen LogP contribution is 2.26. The number of aliphatic hydroxyl groups excluding tert-OH is 4. The van der Waals surface area contributed by atoms with Gasteiger partial charge in [0.2, 0.25) is 5.91 Å². The maximum Gasteiger partial charge on any atom is 0.397 e. The highest BCUT2D eigenvalue weighted by Gasteiger charge is 2.48. The molecule has 1 heterocycles. The summed E-state index contributed by atoms with van der Waals surface area (Å²) in [5.41, 5.74) is 0. The van der Waals surface area contributed by atoms with Crippen LogP contribution in [0.2, 0.25) is 0 Å². The van der Waals surface area contributed by atoms with E-state index in [1.165, 1.54) is 77.0 Å². The lowest BCUT2D eigenvalue weighted by atomic mass is 9.99. The number of carbonyl (C=O) groups is 1. The number of amides is 1. The van der Waals surface area contributed by atoms with Crippen LogP contribution in [0.3, 0.4) is 0 Å². The molecule has 1 aliphatic rings. The quantitative estimate of drug-likeness (QED) is 0.0161. The van der Waals surface area contributed by atoms with E-state index in [-0.39, 0.29) is 18.9 Å². The highest BCUT2D eigenvalue weighted by atomic mass is 32.3. The number of rotatable bonds is 35. The van der Waals surface area contributed by atoms with Crippen LogP contribution in [-0.4, -0.2) is 95.4 Å². The van der Waals surface area contributed by atoms with Crippen LogP contribution in [0.4, 0.5) is 0 Å². The normalized spacial score (nSPS) is 21.9. The van der Waals surface area contributed by atoms with Crippen molar-refractivity contribution in [2.24, 2.45) is 0 Å². The van der Waals surface area contributed by atoms with E-state index in [1.807, 2.05) is 6.08 Å². The standard InChI is InChI=1S/C42H77NO11S/c1-3-5-7-9-11-13-15-17-18-20-22-24-26-28-30-32-38(46)43-35(36(45)31-29-27-25-23-21-19-16-14-12-10-8-6-4-2)34-52-42-40(48)41(54-55(49,50)51)39(47)37(33-44)53-42/h11,13,15,17,29,31,35-37,39-42,44-45,47-48H,3-10,12,14,16,18-28,30,32-34H2,1-2H3,(H,43,46)(H,49,50,51)/b13-11-,17-15-,31-29+. The van der Waals surface area contributed by atoms with Gasteiger partial charge in [-0.3, -0.25) is 9.35 Å². The van der Waals surface area contributed by atoms with Crippen LogP contribution < -0.4 is 5.32 Å². The van der Waals surface area contributed by atoms with Crippen LogP contribution in [0.15, 0.2) is 36.5 Å². The first-order valence-electron chi connectivity index (χ1n) is 21.4. The molecule has 322 valence electrons. The van der Waals surface area contributed by atoms with Crippen molar-refractivity contribution in [3.63, 3.8) is 0 Å². The van der Waals surface area contributed by atoms with E-state index in [1.54, 1.807) is 6.08 Å². The second-order valence-corrected chi connectivity index (χ2v) is 16.0. The molecule has 55 heavy (non-hydrogen) atoms. The maximum absolute atomic E-state index is 13.0. The second-order valence-electron chi connectivity index (χ2n) is 15.0. The smallest absolute Gasteiger partial charge is 0.394 e. The topological polar surface area (TPSA) is 192 Å². The Morgan fingerprint density at radius 2 is 1.20 bits per heavy atom. The van der Waals surface area contributed by atoms with Gasteiger partial charge in [0.25, 0.3) is 0 Å². The Kier molecular flexibility index (Phi) is 31.1. The number of allylic oxidation sites excluding steroid dienone is 5. The van der Waals surface area contributed by atoms with Gasteiger partial charge in [-0.15, -0.1) is 0 Å². The Hall–Kier alpha value is -1.68. The van der Waals surface area contributed by atoms with E-state index in [0.717, 1.165) is 64.2 Å². The zero-order valence-corrected chi connectivity index (χ0v) is 34.8. The molecule has 1 rings (SSSR count). The molecule has 0 saturated carbocycles. The fraction of sp³-hybridized carbons (Fsp3) is 0.833. The monoisotopic (exact) mass is 804 g/mol. The van der Waals surface area contributed by atoms with Crippen molar-refractivity contribution in [2.45, 2.75) is 211 Å². The van der Waals surface area contributed by atoms with Crippen molar-refractivity contribution in [3.05, 3.63) is 36.5 Å². The number of unbranched alkanes of at least 4 members (excludes halogenated alkanes) is 20. The lowest BCUT2D eigenvalue weighted by Gasteiger charge is -2.41. The SMILES string of the molecule is CCCCC/C=C\C=C/CCCCCCCCC(=O)NC(COC1OC(CO)C(O)C(OS(=O)(=O)O)C1O)C(O)/C=C/CCCCCCCCCCCCC. The third-order valence-electron chi connectivity index (χ3n) is 9.94. The fourth-order valence-corrected chi connectivity index (χ4v) is 7.07. The molecule has 0 aromatic heterocycles. The molecule has 1 fully saturated rings. The number of ether oxygens (including phenoxy) is 2. The molecule has 0 radical (unpaired) electrons. The predicted molar refractivity (Wildman–Crippen MR) is 218 cm³/mol. The Balaban J connectivity index is 2.60. The van der Waals surface area contributed by atoms with Crippen molar-refractivity contribution in [2.75, 3.05) is 13.2 Å². The largest absolute Gasteiger partial charge is 0.397 e. The molecular weight excluding hydrogens is 727 g/mol. The summed E-state index contributed by atoms with van der Waals surface area (Å²) in [5, 5.41) is 44.6. The van der Waals surface area contributed by atoms with Crippen LogP contribution in [0.1, 0.15) is 168 Å². The summed E-state index contributed by atoms with van der Waals surface area (Å²) in [6.07, 6.45) is 28.9. The first kappa shape index (κ1) is 51.3. The zero-order valence-electron chi connectivity index (χ0n) is 34.0. The average molecular weight is 804 g/mol. The first-order chi connectivity index (χ1) is 26.5. The minimum atomic E-state index is -5.08. The van der Waals surface area contributed by atoms with Gasteiger partial charge in [0.1, 0.15) is 24.4 Å². The third kappa shape index (κ3) is 26.8.